The molecule has 1 nitrogen and oxygen atoms in total. The van der Waals surface area contributed by atoms with Gasteiger partial charge in [0.2, 0.25) is 0 Å². The molecule has 0 saturated heterocycles. The topological polar surface area (TPSA) is 3.24 Å². The Morgan fingerprint density at radius 2 is 1.17 bits per heavy atom. The Kier molecular flexibility index (Phi) is 6.17. The largest absolute Gasteiger partial charge is 0.310 e. The molecule has 4 saturated carbocycles. The molecular weight excluding hydrogens is 647 g/mol. The van der Waals surface area contributed by atoms with E-state index in [2.05, 4.69) is 157 Å². The number of anilines is 3. The van der Waals surface area contributed by atoms with E-state index < -0.39 is 0 Å². The lowest BCUT2D eigenvalue weighted by Gasteiger charge is -2.61. The monoisotopic (exact) mass is 685 g/mol. The molecule has 0 unspecified atom stereocenters. The van der Waals surface area contributed by atoms with E-state index in [-0.39, 0.29) is 5.41 Å². The number of fused-ring (bicyclic) bond motifs is 7. The van der Waals surface area contributed by atoms with Crippen molar-refractivity contribution in [1.82, 2.24) is 0 Å². The summed E-state index contributed by atoms with van der Waals surface area (Å²) in [5, 5.41) is 5.22. The number of hydrogen-bond acceptors (Lipinski definition) is 2. The molecule has 4 fully saturated rings. The molecule has 0 radical (unpaired) electrons. The first kappa shape index (κ1) is 29.4. The Morgan fingerprint density at radius 1 is 0.500 bits per heavy atom. The van der Waals surface area contributed by atoms with Crippen molar-refractivity contribution in [2.24, 2.45) is 23.7 Å². The van der Waals surface area contributed by atoms with Crippen LogP contribution >= 0.6 is 11.3 Å². The number of hydrogen-bond donors (Lipinski definition) is 0. The summed E-state index contributed by atoms with van der Waals surface area (Å²) in [5.41, 5.74) is 12.5. The van der Waals surface area contributed by atoms with E-state index >= 15 is 0 Å². The Balaban J connectivity index is 1.10. The van der Waals surface area contributed by atoms with E-state index in [9.17, 15) is 0 Å². The SMILES string of the molecule is c1cc(-c2cccc3c2sc2ccccc23)cc(N(c2ccc3ccccc3c2)c2cccc3c2-c2ccccc2C32[C@H]3CC4C[C@H](C3)C[C@@H]2C4)c1. The number of rotatable bonds is 4. The Hall–Kier alpha value is -5.18. The van der Waals surface area contributed by atoms with Gasteiger partial charge in [0.25, 0.3) is 0 Å². The summed E-state index contributed by atoms with van der Waals surface area (Å²) in [6.45, 7) is 0. The van der Waals surface area contributed by atoms with Crippen molar-refractivity contribution in [1.29, 1.82) is 0 Å². The van der Waals surface area contributed by atoms with E-state index in [1.807, 2.05) is 11.3 Å². The smallest absolute Gasteiger partial charge is 0.0543 e. The van der Waals surface area contributed by atoms with Crippen LogP contribution in [0.3, 0.4) is 0 Å². The quantitative estimate of drug-likeness (QED) is 0.178. The summed E-state index contributed by atoms with van der Waals surface area (Å²) in [4.78, 5) is 2.58. The first-order valence-corrected chi connectivity index (χ1v) is 20.1. The fourth-order valence-electron chi connectivity index (χ4n) is 11.9. The predicted octanol–water partition coefficient (Wildman–Crippen LogP) is 14.1. The van der Waals surface area contributed by atoms with Crippen LogP contribution in [0.25, 0.3) is 53.2 Å². The lowest BCUT2D eigenvalue weighted by Crippen LogP contribution is -2.55. The molecule has 1 aromatic heterocycles. The highest BCUT2D eigenvalue weighted by molar-refractivity contribution is 7.26. The molecule has 250 valence electrons. The van der Waals surface area contributed by atoms with E-state index in [1.165, 1.54) is 102 Å². The zero-order valence-electron chi connectivity index (χ0n) is 29.1. The van der Waals surface area contributed by atoms with Gasteiger partial charge in [-0.1, -0.05) is 115 Å². The summed E-state index contributed by atoms with van der Waals surface area (Å²) < 4.78 is 2.70. The van der Waals surface area contributed by atoms with Gasteiger partial charge in [-0.05, 0) is 131 Å². The zero-order valence-corrected chi connectivity index (χ0v) is 30.0. The van der Waals surface area contributed by atoms with Gasteiger partial charge in [0.05, 0.1) is 5.69 Å². The van der Waals surface area contributed by atoms with Crippen molar-refractivity contribution in [3.8, 4) is 22.3 Å². The second kappa shape index (κ2) is 10.9. The minimum Gasteiger partial charge on any atom is -0.310 e. The summed E-state index contributed by atoms with van der Waals surface area (Å²) in [5.74, 6) is 3.32. The number of benzene rings is 7. The van der Waals surface area contributed by atoms with Crippen LogP contribution in [0.4, 0.5) is 17.1 Å². The third-order valence-corrected chi connectivity index (χ3v) is 14.8. The minimum atomic E-state index is 0.128. The highest BCUT2D eigenvalue weighted by Crippen LogP contribution is 2.70. The number of nitrogens with zero attached hydrogens (tertiary/aromatic N) is 1. The second-order valence-corrected chi connectivity index (χ2v) is 17.2. The highest BCUT2D eigenvalue weighted by Gasteiger charge is 2.61. The molecular formula is C50H39NS. The summed E-state index contributed by atoms with van der Waals surface area (Å²) in [6.07, 6.45) is 7.05. The van der Waals surface area contributed by atoms with Gasteiger partial charge < -0.3 is 4.90 Å². The van der Waals surface area contributed by atoms with E-state index in [0.29, 0.717) is 0 Å². The molecule has 0 aliphatic heterocycles. The third kappa shape index (κ3) is 3.99. The van der Waals surface area contributed by atoms with Crippen LogP contribution in [0.5, 0.6) is 0 Å². The van der Waals surface area contributed by atoms with Crippen LogP contribution in [0.1, 0.15) is 43.2 Å². The molecule has 5 aliphatic carbocycles. The van der Waals surface area contributed by atoms with Gasteiger partial charge in [0.1, 0.15) is 0 Å². The van der Waals surface area contributed by atoms with Crippen LogP contribution in [-0.2, 0) is 5.41 Å². The van der Waals surface area contributed by atoms with Crippen LogP contribution in [0, 0.1) is 23.7 Å². The molecule has 7 aromatic carbocycles. The van der Waals surface area contributed by atoms with Gasteiger partial charge in [-0.15, -0.1) is 11.3 Å². The van der Waals surface area contributed by atoms with Gasteiger partial charge in [-0.2, -0.15) is 0 Å². The molecule has 5 aliphatic rings. The van der Waals surface area contributed by atoms with Crippen LogP contribution < -0.4 is 4.90 Å². The Labute approximate surface area is 309 Å². The normalized spacial score (nSPS) is 23.8. The van der Waals surface area contributed by atoms with Gasteiger partial charge in [0.15, 0.2) is 0 Å². The second-order valence-electron chi connectivity index (χ2n) is 16.1. The standard InChI is InChI=1S/C50H39NS/c1-2-11-34-29-39(23-22-33(34)10-1)51(38-13-7-12-35(30-38)40-16-8-17-42-41-14-4-6-21-47(41)52-49(40)42)46-20-9-19-45-48(46)43-15-3-5-18-44(43)50(45)36-25-31-24-32(27-36)28-37(50)26-31/h1-23,29-32,36-37H,24-28H2/t31-,32?,36-,37-,50?/m1/s1. The van der Waals surface area contributed by atoms with Gasteiger partial charge >= 0.3 is 0 Å². The van der Waals surface area contributed by atoms with Crippen molar-refractivity contribution < 1.29 is 0 Å². The predicted molar refractivity (Wildman–Crippen MR) is 220 cm³/mol. The molecule has 4 bridgehead atoms. The average Bonchev–Trinajstić information content (AvgIpc) is 3.71. The Bertz CT molecular complexity index is 2700. The van der Waals surface area contributed by atoms with E-state index in [0.717, 1.165) is 23.7 Å². The van der Waals surface area contributed by atoms with Crippen LogP contribution in [0.15, 0.2) is 152 Å². The van der Waals surface area contributed by atoms with E-state index in [4.69, 9.17) is 0 Å². The summed E-state index contributed by atoms with van der Waals surface area (Å²) >= 11 is 1.91. The molecule has 52 heavy (non-hydrogen) atoms. The number of thiophene rings is 1. The maximum atomic E-state index is 2.58. The molecule has 8 aromatic rings. The summed E-state index contributed by atoms with van der Waals surface area (Å²) in [6, 6.07) is 57.7. The zero-order chi connectivity index (χ0) is 34.0. The van der Waals surface area contributed by atoms with Gasteiger partial charge in [0, 0.05) is 42.5 Å². The minimum absolute atomic E-state index is 0.128. The van der Waals surface area contributed by atoms with Crippen molar-refractivity contribution in [2.45, 2.75) is 37.5 Å². The molecule has 1 spiro atoms. The molecule has 0 N–H and O–H groups in total. The molecule has 1 heterocycles. The fraction of sp³-hybridized carbons (Fsp3) is 0.200. The first-order chi connectivity index (χ1) is 25.7. The average molecular weight is 686 g/mol. The fourth-order valence-corrected chi connectivity index (χ4v) is 13.1. The van der Waals surface area contributed by atoms with Gasteiger partial charge in [-0.25, -0.2) is 0 Å². The van der Waals surface area contributed by atoms with Crippen molar-refractivity contribution in [3.05, 3.63) is 163 Å². The molecule has 0 amide bonds. The lowest BCUT2D eigenvalue weighted by atomic mass is 9.43. The highest BCUT2D eigenvalue weighted by atomic mass is 32.1. The van der Waals surface area contributed by atoms with Crippen LogP contribution in [-0.4, -0.2) is 0 Å². The van der Waals surface area contributed by atoms with Crippen molar-refractivity contribution in [3.63, 3.8) is 0 Å². The first-order valence-electron chi connectivity index (χ1n) is 19.3. The third-order valence-electron chi connectivity index (χ3n) is 13.6. The molecule has 13 rings (SSSR count). The lowest BCUT2D eigenvalue weighted by molar-refractivity contribution is -0.0399. The van der Waals surface area contributed by atoms with Gasteiger partial charge in [-0.3, -0.25) is 0 Å². The van der Waals surface area contributed by atoms with Crippen molar-refractivity contribution in [2.75, 3.05) is 4.90 Å². The van der Waals surface area contributed by atoms with E-state index in [1.54, 1.807) is 11.1 Å². The molecule has 0 atom stereocenters. The maximum absolute atomic E-state index is 2.58. The maximum Gasteiger partial charge on any atom is 0.0543 e. The van der Waals surface area contributed by atoms with Crippen molar-refractivity contribution >= 4 is 59.3 Å². The van der Waals surface area contributed by atoms with Crippen LogP contribution in [0.2, 0.25) is 0 Å². The summed E-state index contributed by atoms with van der Waals surface area (Å²) in [7, 11) is 0. The Morgan fingerprint density at radius 3 is 2.06 bits per heavy atom. The molecule has 2 heteroatoms.